The third-order valence-corrected chi connectivity index (χ3v) is 3.40. The number of benzene rings is 1. The van der Waals surface area contributed by atoms with E-state index in [9.17, 15) is 9.59 Å². The van der Waals surface area contributed by atoms with Crippen molar-refractivity contribution < 1.29 is 9.59 Å². The fraction of sp³-hybridized carbons (Fsp3) is 0.294. The average Bonchev–Trinajstić information content (AvgIpc) is 2.49. The van der Waals surface area contributed by atoms with Gasteiger partial charge >= 0.3 is 0 Å². The van der Waals surface area contributed by atoms with Crippen LogP contribution in [0.15, 0.2) is 55.1 Å². The van der Waals surface area contributed by atoms with Crippen LogP contribution >= 0.6 is 0 Å². The smallest absolute Gasteiger partial charge is 0.236 e. The van der Waals surface area contributed by atoms with Crippen LogP contribution in [0, 0.1) is 5.41 Å². The van der Waals surface area contributed by atoms with Gasteiger partial charge in [0.25, 0.3) is 0 Å². The summed E-state index contributed by atoms with van der Waals surface area (Å²) >= 11 is 0. The third kappa shape index (κ3) is 4.31. The summed E-state index contributed by atoms with van der Waals surface area (Å²) in [5.41, 5.74) is 5.18. The lowest BCUT2D eigenvalue weighted by Gasteiger charge is -2.27. The van der Waals surface area contributed by atoms with Gasteiger partial charge in [0.15, 0.2) is 0 Å². The molecule has 0 heterocycles. The first-order valence-electron chi connectivity index (χ1n) is 6.91. The minimum Gasteiger partial charge on any atom is -0.369 e. The molecule has 0 saturated heterocycles. The monoisotopic (exact) mass is 286 g/mol. The fourth-order valence-electron chi connectivity index (χ4n) is 2.09. The van der Waals surface area contributed by atoms with Gasteiger partial charge in [0, 0.05) is 6.54 Å². The predicted octanol–water partition coefficient (Wildman–Crippen LogP) is 2.32. The van der Waals surface area contributed by atoms with Gasteiger partial charge in [0.05, 0.1) is 0 Å². The summed E-state index contributed by atoms with van der Waals surface area (Å²) in [6.45, 7) is 5.82. The summed E-state index contributed by atoms with van der Waals surface area (Å²) in [7, 11) is 0. The molecule has 4 nitrogen and oxygen atoms in total. The highest BCUT2D eigenvalue weighted by Crippen LogP contribution is 2.28. The number of hydrogen-bond donors (Lipinski definition) is 2. The van der Waals surface area contributed by atoms with E-state index in [-0.39, 0.29) is 18.7 Å². The van der Waals surface area contributed by atoms with E-state index in [4.69, 9.17) is 5.73 Å². The van der Waals surface area contributed by atoms with Gasteiger partial charge in [-0.1, -0.05) is 48.6 Å². The number of rotatable bonds is 8. The van der Waals surface area contributed by atoms with Gasteiger partial charge in [-0.15, -0.1) is 6.58 Å². The second-order valence-corrected chi connectivity index (χ2v) is 4.88. The Balaban J connectivity index is 2.88. The minimum absolute atomic E-state index is 0.216. The van der Waals surface area contributed by atoms with Crippen LogP contribution in [-0.4, -0.2) is 11.8 Å². The number of primary amides is 1. The van der Waals surface area contributed by atoms with E-state index >= 15 is 0 Å². The molecule has 0 aliphatic heterocycles. The number of amides is 2. The van der Waals surface area contributed by atoms with E-state index < -0.39 is 11.3 Å². The van der Waals surface area contributed by atoms with Gasteiger partial charge in [-0.3, -0.25) is 9.59 Å². The molecule has 1 aromatic carbocycles. The SMILES string of the molecule is C=CCC(C/C=C/C)(C(N)=O)C(=O)NCc1ccccc1. The molecule has 4 heteroatoms. The van der Waals surface area contributed by atoms with Crippen LogP contribution in [0.1, 0.15) is 25.3 Å². The van der Waals surface area contributed by atoms with Crippen LogP contribution in [0.2, 0.25) is 0 Å². The van der Waals surface area contributed by atoms with Crippen LogP contribution in [0.25, 0.3) is 0 Å². The largest absolute Gasteiger partial charge is 0.369 e. The summed E-state index contributed by atoms with van der Waals surface area (Å²) in [4.78, 5) is 24.3. The number of nitrogens with two attached hydrogens (primary N) is 1. The second kappa shape index (κ2) is 8.04. The normalized spacial score (nSPS) is 13.6. The Morgan fingerprint density at radius 3 is 2.48 bits per heavy atom. The Morgan fingerprint density at radius 2 is 1.95 bits per heavy atom. The highest BCUT2D eigenvalue weighted by atomic mass is 16.2. The van der Waals surface area contributed by atoms with Crippen LogP contribution in [0.4, 0.5) is 0 Å². The first-order valence-corrected chi connectivity index (χ1v) is 6.91. The standard InChI is InChI=1S/C17H22N2O2/c1-3-5-12-17(11-4-2,15(18)20)16(21)19-13-14-9-7-6-8-10-14/h3-10H,2,11-13H2,1H3,(H2,18,20)(H,19,21)/b5-3+. The molecule has 1 atom stereocenters. The van der Waals surface area contributed by atoms with E-state index in [1.54, 1.807) is 18.2 Å². The van der Waals surface area contributed by atoms with Crippen molar-refractivity contribution in [3.8, 4) is 0 Å². The number of carbonyl (C=O) groups is 2. The van der Waals surface area contributed by atoms with Gasteiger partial charge in [-0.2, -0.15) is 0 Å². The van der Waals surface area contributed by atoms with E-state index in [0.717, 1.165) is 5.56 Å². The summed E-state index contributed by atoms with van der Waals surface area (Å²) < 4.78 is 0. The van der Waals surface area contributed by atoms with E-state index in [1.165, 1.54) is 0 Å². The Bertz CT molecular complexity index is 523. The van der Waals surface area contributed by atoms with E-state index in [1.807, 2.05) is 37.3 Å². The third-order valence-electron chi connectivity index (χ3n) is 3.40. The lowest BCUT2D eigenvalue weighted by molar-refractivity contribution is -0.141. The summed E-state index contributed by atoms with van der Waals surface area (Å²) in [6.07, 6.45) is 5.61. The molecule has 0 aromatic heterocycles. The quantitative estimate of drug-likeness (QED) is 0.568. The van der Waals surface area contributed by atoms with E-state index in [0.29, 0.717) is 6.54 Å². The van der Waals surface area contributed by atoms with Gasteiger partial charge < -0.3 is 11.1 Å². The lowest BCUT2D eigenvalue weighted by Crippen LogP contribution is -2.49. The molecular weight excluding hydrogens is 264 g/mol. The Labute approximate surface area is 125 Å². The maximum absolute atomic E-state index is 12.5. The average molecular weight is 286 g/mol. The van der Waals surface area contributed by atoms with Gasteiger partial charge in [0.1, 0.15) is 5.41 Å². The molecule has 0 radical (unpaired) electrons. The van der Waals surface area contributed by atoms with E-state index in [2.05, 4.69) is 11.9 Å². The van der Waals surface area contributed by atoms with Crippen molar-refractivity contribution in [1.29, 1.82) is 0 Å². The van der Waals surface area contributed by atoms with Crippen molar-refractivity contribution >= 4 is 11.8 Å². The molecule has 21 heavy (non-hydrogen) atoms. The molecule has 1 rings (SSSR count). The van der Waals surface area contributed by atoms with Gasteiger partial charge in [-0.25, -0.2) is 0 Å². The lowest BCUT2D eigenvalue weighted by atomic mass is 9.79. The predicted molar refractivity (Wildman–Crippen MR) is 84.2 cm³/mol. The summed E-state index contributed by atoms with van der Waals surface area (Å²) in [5, 5.41) is 2.79. The number of nitrogens with one attached hydrogen (secondary N) is 1. The minimum atomic E-state index is -1.27. The molecule has 2 amide bonds. The Kier molecular flexibility index (Phi) is 6.40. The van der Waals surface area contributed by atoms with Crippen LogP contribution in [0.5, 0.6) is 0 Å². The van der Waals surface area contributed by atoms with Crippen molar-refractivity contribution in [2.45, 2.75) is 26.3 Å². The second-order valence-electron chi connectivity index (χ2n) is 4.88. The zero-order valence-corrected chi connectivity index (χ0v) is 12.3. The van der Waals surface area contributed by atoms with Gasteiger partial charge in [0.2, 0.25) is 11.8 Å². The Morgan fingerprint density at radius 1 is 1.29 bits per heavy atom. The van der Waals surface area contributed by atoms with Crippen molar-refractivity contribution in [3.63, 3.8) is 0 Å². The number of allylic oxidation sites excluding steroid dienone is 3. The highest BCUT2D eigenvalue weighted by molar-refractivity contribution is 6.04. The molecule has 112 valence electrons. The number of hydrogen-bond acceptors (Lipinski definition) is 2. The zero-order valence-electron chi connectivity index (χ0n) is 12.3. The Hall–Kier alpha value is -2.36. The van der Waals surface area contributed by atoms with Crippen molar-refractivity contribution in [2.75, 3.05) is 0 Å². The van der Waals surface area contributed by atoms with Crippen molar-refractivity contribution in [2.24, 2.45) is 11.1 Å². The van der Waals surface area contributed by atoms with Crippen LogP contribution in [0.3, 0.4) is 0 Å². The van der Waals surface area contributed by atoms with Crippen molar-refractivity contribution in [3.05, 3.63) is 60.7 Å². The fourth-order valence-corrected chi connectivity index (χ4v) is 2.09. The molecule has 1 unspecified atom stereocenters. The first kappa shape index (κ1) is 16.7. The molecular formula is C17H22N2O2. The summed E-state index contributed by atoms with van der Waals surface area (Å²) in [5.74, 6) is -0.997. The van der Waals surface area contributed by atoms with Crippen LogP contribution in [-0.2, 0) is 16.1 Å². The molecule has 0 aliphatic carbocycles. The molecule has 0 saturated carbocycles. The van der Waals surface area contributed by atoms with Gasteiger partial charge in [-0.05, 0) is 25.3 Å². The van der Waals surface area contributed by atoms with Crippen molar-refractivity contribution in [1.82, 2.24) is 5.32 Å². The molecule has 0 fully saturated rings. The maximum atomic E-state index is 12.5. The maximum Gasteiger partial charge on any atom is 0.236 e. The zero-order chi connectivity index (χ0) is 15.7. The highest BCUT2D eigenvalue weighted by Gasteiger charge is 2.42. The number of carbonyl (C=O) groups excluding carboxylic acids is 2. The first-order chi connectivity index (χ1) is 10.1. The molecule has 0 aliphatic rings. The topological polar surface area (TPSA) is 72.2 Å². The molecule has 1 aromatic rings. The van der Waals surface area contributed by atoms with Crippen LogP contribution < -0.4 is 11.1 Å². The molecule has 3 N–H and O–H groups in total. The molecule has 0 bridgehead atoms. The summed E-state index contributed by atoms with van der Waals surface area (Å²) in [6, 6.07) is 9.51. The molecule has 0 spiro atoms.